The molecule has 2 aromatic carbocycles. The quantitative estimate of drug-likeness (QED) is 0.765. The predicted molar refractivity (Wildman–Crippen MR) is 98.6 cm³/mol. The van der Waals surface area contributed by atoms with E-state index in [-0.39, 0.29) is 18.5 Å². The van der Waals surface area contributed by atoms with Gasteiger partial charge in [0.05, 0.1) is 12.1 Å². The van der Waals surface area contributed by atoms with Gasteiger partial charge >= 0.3 is 6.18 Å². The molecule has 5 nitrogen and oxygen atoms in total. The van der Waals surface area contributed by atoms with Crippen LogP contribution in [0.1, 0.15) is 21.5 Å². The van der Waals surface area contributed by atoms with Gasteiger partial charge in [-0.25, -0.2) is 0 Å². The van der Waals surface area contributed by atoms with Crippen molar-refractivity contribution in [1.82, 2.24) is 4.90 Å². The molecule has 0 spiro atoms. The number of aliphatic imine (C=N–C) groups is 1. The second-order valence-corrected chi connectivity index (χ2v) is 7.12. The van der Waals surface area contributed by atoms with E-state index in [0.29, 0.717) is 40.9 Å². The normalized spacial score (nSPS) is 15.7. The molecular formula is C19H15F3N2O3S. The second-order valence-electron chi connectivity index (χ2n) is 6.18. The van der Waals surface area contributed by atoms with E-state index in [9.17, 15) is 18.0 Å². The van der Waals surface area contributed by atoms with E-state index in [4.69, 9.17) is 9.47 Å². The highest BCUT2D eigenvalue weighted by Crippen LogP contribution is 2.34. The van der Waals surface area contributed by atoms with E-state index in [1.54, 1.807) is 24.3 Å². The number of amidine groups is 1. The molecule has 2 aliphatic rings. The zero-order chi connectivity index (χ0) is 19.7. The number of alkyl halides is 3. The number of rotatable bonds is 3. The number of carbonyl (C=O) groups is 1. The maximum atomic E-state index is 12.9. The Hall–Kier alpha value is -2.68. The molecule has 28 heavy (non-hydrogen) atoms. The number of halogens is 3. The van der Waals surface area contributed by atoms with Crippen LogP contribution in [0.5, 0.6) is 11.5 Å². The van der Waals surface area contributed by atoms with Gasteiger partial charge in [-0.05, 0) is 29.8 Å². The average molecular weight is 408 g/mol. The molecule has 0 N–H and O–H groups in total. The van der Waals surface area contributed by atoms with E-state index < -0.39 is 11.7 Å². The maximum Gasteiger partial charge on any atom is 0.416 e. The topological polar surface area (TPSA) is 51.1 Å². The van der Waals surface area contributed by atoms with Gasteiger partial charge in [-0.2, -0.15) is 13.2 Å². The molecule has 4 rings (SSSR count). The van der Waals surface area contributed by atoms with Gasteiger partial charge in [0.15, 0.2) is 16.7 Å². The number of hydrogen-bond acceptors (Lipinski definition) is 5. The molecule has 9 heteroatoms. The van der Waals surface area contributed by atoms with Crippen LogP contribution in [0.3, 0.4) is 0 Å². The van der Waals surface area contributed by atoms with Crippen molar-refractivity contribution in [3.8, 4) is 11.5 Å². The number of fused-ring (bicyclic) bond motifs is 1. The first kappa shape index (κ1) is 18.7. The first-order chi connectivity index (χ1) is 13.4. The van der Waals surface area contributed by atoms with Crippen LogP contribution in [0.2, 0.25) is 0 Å². The molecule has 2 aromatic rings. The lowest BCUT2D eigenvalue weighted by molar-refractivity contribution is -0.137. The van der Waals surface area contributed by atoms with Gasteiger partial charge in [0, 0.05) is 17.9 Å². The summed E-state index contributed by atoms with van der Waals surface area (Å²) < 4.78 is 49.1. The zero-order valence-corrected chi connectivity index (χ0v) is 15.3. The molecule has 146 valence electrons. The van der Waals surface area contributed by atoms with Crippen LogP contribution >= 0.6 is 11.8 Å². The summed E-state index contributed by atoms with van der Waals surface area (Å²) in [5.41, 5.74) is 0.274. The number of benzene rings is 2. The Balaban J connectivity index is 1.45. The van der Waals surface area contributed by atoms with Gasteiger partial charge < -0.3 is 9.47 Å². The summed E-state index contributed by atoms with van der Waals surface area (Å²) in [6.07, 6.45) is -4.38. The molecule has 0 saturated heterocycles. The van der Waals surface area contributed by atoms with E-state index in [2.05, 4.69) is 4.99 Å². The highest BCUT2D eigenvalue weighted by Gasteiger charge is 2.31. The van der Waals surface area contributed by atoms with Crippen molar-refractivity contribution in [2.45, 2.75) is 11.9 Å². The second kappa shape index (κ2) is 7.38. The SMILES string of the molecule is O=C(c1ccc2c(c1)OCO2)N1CCN=C1SCc1cccc(C(F)(F)F)c1. The largest absolute Gasteiger partial charge is 0.454 e. The fourth-order valence-corrected chi connectivity index (χ4v) is 3.90. The number of nitrogens with zero attached hydrogens (tertiary/aromatic N) is 2. The third kappa shape index (κ3) is 3.80. The minimum absolute atomic E-state index is 0.121. The van der Waals surface area contributed by atoms with Gasteiger partial charge in [0.1, 0.15) is 0 Å². The van der Waals surface area contributed by atoms with Crippen molar-refractivity contribution < 1.29 is 27.4 Å². The Bertz CT molecular complexity index is 946. The third-order valence-electron chi connectivity index (χ3n) is 4.29. The van der Waals surface area contributed by atoms with Gasteiger partial charge in [0.25, 0.3) is 5.91 Å². The number of carbonyl (C=O) groups excluding carboxylic acids is 1. The minimum Gasteiger partial charge on any atom is -0.454 e. The lowest BCUT2D eigenvalue weighted by Gasteiger charge is -2.18. The van der Waals surface area contributed by atoms with Gasteiger partial charge in [0.2, 0.25) is 6.79 Å². The van der Waals surface area contributed by atoms with Gasteiger partial charge in [-0.15, -0.1) is 0 Å². The Kier molecular flexibility index (Phi) is 4.92. The summed E-state index contributed by atoms with van der Waals surface area (Å²) in [5.74, 6) is 1.16. The first-order valence-electron chi connectivity index (χ1n) is 8.47. The summed E-state index contributed by atoms with van der Waals surface area (Å²) in [6.45, 7) is 1.01. The van der Waals surface area contributed by atoms with Crippen LogP contribution in [0.4, 0.5) is 13.2 Å². The highest BCUT2D eigenvalue weighted by molar-refractivity contribution is 8.13. The minimum atomic E-state index is -4.38. The first-order valence-corrected chi connectivity index (χ1v) is 9.45. The summed E-state index contributed by atoms with van der Waals surface area (Å²) in [7, 11) is 0. The number of ether oxygens (including phenoxy) is 2. The molecule has 0 bridgehead atoms. The molecule has 0 aromatic heterocycles. The average Bonchev–Trinajstić information content (AvgIpc) is 3.34. The smallest absolute Gasteiger partial charge is 0.416 e. The van der Waals surface area contributed by atoms with Crippen LogP contribution in [0, 0.1) is 0 Å². The summed E-state index contributed by atoms with van der Waals surface area (Å²) in [6, 6.07) is 10.1. The Labute approximate surface area is 163 Å². The van der Waals surface area contributed by atoms with Crippen molar-refractivity contribution in [3.05, 3.63) is 59.2 Å². The predicted octanol–water partition coefficient (Wildman–Crippen LogP) is 4.18. The third-order valence-corrected chi connectivity index (χ3v) is 5.37. The van der Waals surface area contributed by atoms with Crippen molar-refractivity contribution >= 4 is 22.8 Å². The summed E-state index contributed by atoms with van der Waals surface area (Å²) >= 11 is 1.24. The molecule has 0 fully saturated rings. The van der Waals surface area contributed by atoms with E-state index in [1.165, 1.54) is 22.7 Å². The monoisotopic (exact) mass is 408 g/mol. The summed E-state index contributed by atoms with van der Waals surface area (Å²) in [5, 5.41) is 0.500. The number of thioether (sulfide) groups is 1. The van der Waals surface area contributed by atoms with Crippen LogP contribution in [0.25, 0.3) is 0 Å². The number of amides is 1. The lowest BCUT2D eigenvalue weighted by Crippen LogP contribution is -2.32. The van der Waals surface area contributed by atoms with E-state index in [1.807, 2.05) is 0 Å². The fourth-order valence-electron chi connectivity index (χ4n) is 2.91. The van der Waals surface area contributed by atoms with Crippen molar-refractivity contribution in [2.24, 2.45) is 4.99 Å². The molecule has 0 aliphatic carbocycles. The van der Waals surface area contributed by atoms with Crippen LogP contribution in [-0.2, 0) is 11.9 Å². The summed E-state index contributed by atoms with van der Waals surface area (Å²) in [4.78, 5) is 18.7. The molecular weight excluding hydrogens is 393 g/mol. The lowest BCUT2D eigenvalue weighted by atomic mass is 10.1. The molecule has 2 heterocycles. The van der Waals surface area contributed by atoms with Crippen molar-refractivity contribution in [1.29, 1.82) is 0 Å². The van der Waals surface area contributed by atoms with E-state index >= 15 is 0 Å². The Morgan fingerprint density at radius 1 is 1.14 bits per heavy atom. The molecule has 0 saturated carbocycles. The van der Waals surface area contributed by atoms with Gasteiger partial charge in [-0.1, -0.05) is 30.0 Å². The van der Waals surface area contributed by atoms with Crippen molar-refractivity contribution in [2.75, 3.05) is 19.9 Å². The van der Waals surface area contributed by atoms with Crippen LogP contribution in [-0.4, -0.2) is 35.9 Å². The van der Waals surface area contributed by atoms with Crippen molar-refractivity contribution in [3.63, 3.8) is 0 Å². The van der Waals surface area contributed by atoms with Crippen LogP contribution < -0.4 is 9.47 Å². The fraction of sp³-hybridized carbons (Fsp3) is 0.263. The molecule has 0 radical (unpaired) electrons. The number of hydrogen-bond donors (Lipinski definition) is 0. The maximum absolute atomic E-state index is 12.9. The molecule has 0 unspecified atom stereocenters. The molecule has 0 atom stereocenters. The highest BCUT2D eigenvalue weighted by atomic mass is 32.2. The molecule has 1 amide bonds. The zero-order valence-electron chi connectivity index (χ0n) is 14.5. The molecule has 2 aliphatic heterocycles. The van der Waals surface area contributed by atoms with Crippen LogP contribution in [0.15, 0.2) is 47.5 Å². The van der Waals surface area contributed by atoms with E-state index in [0.717, 1.165) is 12.1 Å². The Morgan fingerprint density at radius 2 is 1.96 bits per heavy atom. The standard InChI is InChI=1S/C19H15F3N2O3S/c20-19(21,22)14-3-1-2-12(8-14)10-28-18-23-6-7-24(18)17(25)13-4-5-15-16(9-13)27-11-26-15/h1-5,8-9H,6-7,10-11H2. The van der Waals surface area contributed by atoms with Gasteiger partial charge in [-0.3, -0.25) is 14.7 Å². The Morgan fingerprint density at radius 3 is 2.79 bits per heavy atom.